The number of amides is 1. The summed E-state index contributed by atoms with van der Waals surface area (Å²) >= 11 is 0. The summed E-state index contributed by atoms with van der Waals surface area (Å²) in [6.45, 7) is 4.97. The lowest BCUT2D eigenvalue weighted by atomic mass is 10.0. The summed E-state index contributed by atoms with van der Waals surface area (Å²) in [5, 5.41) is 23.4. The van der Waals surface area contributed by atoms with Crippen molar-refractivity contribution in [2.24, 2.45) is 0 Å². The van der Waals surface area contributed by atoms with E-state index in [1.165, 1.54) is 334 Å². The summed E-state index contributed by atoms with van der Waals surface area (Å²) in [5.74, 6) is -0.0112. The number of aliphatic hydroxyl groups is 2. The van der Waals surface area contributed by atoms with Gasteiger partial charge < -0.3 is 20.3 Å². The van der Waals surface area contributed by atoms with Crippen molar-refractivity contribution in [3.8, 4) is 0 Å². The Balaban J connectivity index is 3.32. The molecule has 2 unspecified atom stereocenters. The first-order valence-corrected chi connectivity index (χ1v) is 37.1. The van der Waals surface area contributed by atoms with E-state index >= 15 is 0 Å². The summed E-state index contributed by atoms with van der Waals surface area (Å²) in [4.78, 5) is 24.6. The van der Waals surface area contributed by atoms with Gasteiger partial charge in [-0.3, -0.25) is 9.59 Å². The van der Waals surface area contributed by atoms with Crippen molar-refractivity contribution in [2.75, 3.05) is 13.2 Å². The van der Waals surface area contributed by atoms with Gasteiger partial charge in [0.15, 0.2) is 0 Å². The number of aliphatic hydroxyl groups excluding tert-OH is 2. The fourth-order valence-corrected chi connectivity index (χ4v) is 11.9. The van der Waals surface area contributed by atoms with Gasteiger partial charge in [0.2, 0.25) is 5.91 Å². The van der Waals surface area contributed by atoms with Gasteiger partial charge in [0.25, 0.3) is 0 Å². The standard InChI is InChI=1S/C75H145NO5/c1-3-5-7-9-11-13-15-17-19-21-33-37-41-45-49-53-57-61-65-69-75(80)81-70-66-62-58-54-50-46-42-38-35-32-30-28-26-24-22-23-25-27-29-31-34-36-40-44-48-52-56-60-64-68-74(79)76-72(71-77)73(78)67-63-59-55-51-47-43-39-20-18-16-14-12-10-8-6-4-2/h11,13,17,19,72-73,77-78H,3-10,12,14-16,18,20-71H2,1-2H3,(H,76,79)/b13-11-,19-17-. The van der Waals surface area contributed by atoms with E-state index < -0.39 is 12.1 Å². The molecule has 0 rings (SSSR count). The minimum Gasteiger partial charge on any atom is -0.466 e. The first kappa shape index (κ1) is 79.3. The zero-order valence-electron chi connectivity index (χ0n) is 55.0. The van der Waals surface area contributed by atoms with E-state index in [1.54, 1.807) is 0 Å². The molecule has 0 saturated carbocycles. The number of hydrogen-bond donors (Lipinski definition) is 3. The molecule has 0 aliphatic carbocycles. The van der Waals surface area contributed by atoms with E-state index in [2.05, 4.69) is 43.5 Å². The van der Waals surface area contributed by atoms with E-state index in [-0.39, 0.29) is 18.5 Å². The van der Waals surface area contributed by atoms with Gasteiger partial charge in [-0.05, 0) is 57.8 Å². The summed E-state index contributed by atoms with van der Waals surface area (Å²) in [7, 11) is 0. The number of carbonyl (C=O) groups excluding carboxylic acids is 2. The molecule has 81 heavy (non-hydrogen) atoms. The van der Waals surface area contributed by atoms with Crippen LogP contribution in [-0.2, 0) is 14.3 Å². The molecule has 0 fully saturated rings. The molecule has 6 nitrogen and oxygen atoms in total. The normalized spacial score (nSPS) is 12.6. The third-order valence-corrected chi connectivity index (χ3v) is 17.5. The van der Waals surface area contributed by atoms with Gasteiger partial charge in [-0.25, -0.2) is 0 Å². The summed E-state index contributed by atoms with van der Waals surface area (Å²) in [6.07, 6.45) is 89.6. The molecular formula is C75H145NO5. The van der Waals surface area contributed by atoms with E-state index in [9.17, 15) is 19.8 Å². The molecule has 2 atom stereocenters. The van der Waals surface area contributed by atoms with Crippen LogP contribution in [0.25, 0.3) is 0 Å². The first-order valence-electron chi connectivity index (χ1n) is 37.1. The third-order valence-electron chi connectivity index (χ3n) is 17.5. The van der Waals surface area contributed by atoms with Crippen LogP contribution in [0.4, 0.5) is 0 Å². The molecule has 480 valence electrons. The predicted octanol–water partition coefficient (Wildman–Crippen LogP) is 24.1. The third kappa shape index (κ3) is 67.3. The second-order valence-corrected chi connectivity index (χ2v) is 25.6. The Hall–Kier alpha value is -1.66. The lowest BCUT2D eigenvalue weighted by molar-refractivity contribution is -0.143. The van der Waals surface area contributed by atoms with Crippen LogP contribution in [-0.4, -0.2) is 47.4 Å². The van der Waals surface area contributed by atoms with Crippen molar-refractivity contribution in [1.82, 2.24) is 5.32 Å². The fourth-order valence-electron chi connectivity index (χ4n) is 11.9. The van der Waals surface area contributed by atoms with Crippen molar-refractivity contribution >= 4 is 11.9 Å². The molecule has 0 heterocycles. The van der Waals surface area contributed by atoms with Crippen molar-refractivity contribution in [1.29, 1.82) is 0 Å². The predicted molar refractivity (Wildman–Crippen MR) is 356 cm³/mol. The van der Waals surface area contributed by atoms with Gasteiger partial charge in [-0.15, -0.1) is 0 Å². The zero-order valence-corrected chi connectivity index (χ0v) is 55.0. The van der Waals surface area contributed by atoms with Crippen LogP contribution < -0.4 is 5.32 Å². The quantitative estimate of drug-likeness (QED) is 0.0320. The van der Waals surface area contributed by atoms with Crippen LogP contribution in [0.5, 0.6) is 0 Å². The smallest absolute Gasteiger partial charge is 0.305 e. The van der Waals surface area contributed by atoms with E-state index in [0.29, 0.717) is 25.9 Å². The van der Waals surface area contributed by atoms with Crippen molar-refractivity contribution in [2.45, 2.75) is 431 Å². The molecule has 0 aromatic heterocycles. The maximum Gasteiger partial charge on any atom is 0.305 e. The molecule has 6 heteroatoms. The SMILES string of the molecule is CCCCC/C=C\C/C=C\CCCCCCCCCCCC(=O)OCCCCCCCCCCCCCCCCCCCCCCCCCCCCCCCC(=O)NC(CO)C(O)CCCCCCCCCCCCCCCCCC. The van der Waals surface area contributed by atoms with Gasteiger partial charge >= 0.3 is 5.97 Å². The second kappa shape index (κ2) is 70.8. The number of rotatable bonds is 70. The zero-order chi connectivity index (χ0) is 58.5. The van der Waals surface area contributed by atoms with Crippen LogP contribution in [0.1, 0.15) is 418 Å². The summed E-state index contributed by atoms with van der Waals surface area (Å²) in [5.41, 5.74) is 0. The number of nitrogens with one attached hydrogen (secondary N) is 1. The first-order chi connectivity index (χ1) is 40.0. The number of allylic oxidation sites excluding steroid dienone is 4. The Morgan fingerprint density at radius 3 is 0.963 bits per heavy atom. The van der Waals surface area contributed by atoms with Gasteiger partial charge in [-0.2, -0.15) is 0 Å². The van der Waals surface area contributed by atoms with Crippen molar-refractivity contribution < 1.29 is 24.5 Å². The molecule has 0 radical (unpaired) electrons. The molecule has 0 saturated heterocycles. The van der Waals surface area contributed by atoms with Crippen LogP contribution in [0.3, 0.4) is 0 Å². The molecule has 3 N–H and O–H groups in total. The largest absolute Gasteiger partial charge is 0.466 e. The molecule has 0 bridgehead atoms. The Morgan fingerprint density at radius 2 is 0.617 bits per heavy atom. The minimum atomic E-state index is -0.662. The van der Waals surface area contributed by atoms with Crippen molar-refractivity contribution in [3.05, 3.63) is 24.3 Å². The molecule has 0 aromatic carbocycles. The number of carbonyl (C=O) groups is 2. The van der Waals surface area contributed by atoms with Gasteiger partial charge in [0.05, 0.1) is 25.4 Å². The monoisotopic (exact) mass is 1140 g/mol. The number of unbranched alkanes of at least 4 members (excludes halogenated alkanes) is 55. The Bertz CT molecular complexity index is 1270. The van der Waals surface area contributed by atoms with Crippen LogP contribution in [0.15, 0.2) is 24.3 Å². The van der Waals surface area contributed by atoms with Crippen molar-refractivity contribution in [3.63, 3.8) is 0 Å². The lowest BCUT2D eigenvalue weighted by Gasteiger charge is -2.22. The fraction of sp³-hybridized carbons (Fsp3) is 0.920. The Kier molecular flexibility index (Phi) is 69.4. The Morgan fingerprint density at radius 1 is 0.346 bits per heavy atom. The van der Waals surface area contributed by atoms with E-state index in [1.807, 2.05) is 0 Å². The van der Waals surface area contributed by atoms with Gasteiger partial charge in [0.1, 0.15) is 0 Å². The highest BCUT2D eigenvalue weighted by Gasteiger charge is 2.20. The van der Waals surface area contributed by atoms with Crippen LogP contribution in [0, 0.1) is 0 Å². The molecule has 0 spiro atoms. The number of ether oxygens (including phenoxy) is 1. The summed E-state index contributed by atoms with van der Waals surface area (Å²) < 4.78 is 5.51. The molecule has 0 aliphatic rings. The van der Waals surface area contributed by atoms with Gasteiger partial charge in [-0.1, -0.05) is 372 Å². The highest BCUT2D eigenvalue weighted by Crippen LogP contribution is 2.20. The van der Waals surface area contributed by atoms with E-state index in [0.717, 1.165) is 51.4 Å². The molecule has 0 aromatic rings. The molecule has 1 amide bonds. The van der Waals surface area contributed by atoms with E-state index in [4.69, 9.17) is 4.74 Å². The molecular weight excluding hydrogens is 995 g/mol. The highest BCUT2D eigenvalue weighted by molar-refractivity contribution is 5.76. The molecule has 0 aliphatic heterocycles. The average Bonchev–Trinajstić information content (AvgIpc) is 3.47. The lowest BCUT2D eigenvalue weighted by Crippen LogP contribution is -2.45. The van der Waals surface area contributed by atoms with Gasteiger partial charge in [0, 0.05) is 12.8 Å². The number of hydrogen-bond acceptors (Lipinski definition) is 5. The average molecular weight is 1140 g/mol. The minimum absolute atomic E-state index is 0.0166. The highest BCUT2D eigenvalue weighted by atomic mass is 16.5. The second-order valence-electron chi connectivity index (χ2n) is 25.6. The Labute approximate surface area is 507 Å². The maximum atomic E-state index is 12.5. The summed E-state index contributed by atoms with van der Waals surface area (Å²) in [6, 6.07) is -0.538. The van der Waals surface area contributed by atoms with Crippen LogP contribution >= 0.6 is 0 Å². The topological polar surface area (TPSA) is 95.9 Å². The van der Waals surface area contributed by atoms with Crippen LogP contribution in [0.2, 0.25) is 0 Å². The number of esters is 1. The maximum absolute atomic E-state index is 12.5.